The molecule has 1 fully saturated rings. The Morgan fingerprint density at radius 3 is 2.07 bits per heavy atom. The second-order valence-corrected chi connectivity index (χ2v) is 11.4. The molecule has 3 aliphatic heterocycles. The van der Waals surface area contributed by atoms with Gasteiger partial charge in [0.15, 0.2) is 5.96 Å². The van der Waals surface area contributed by atoms with Crippen molar-refractivity contribution >= 4 is 71.0 Å². The van der Waals surface area contributed by atoms with Crippen molar-refractivity contribution in [2.24, 2.45) is 4.99 Å². The van der Waals surface area contributed by atoms with Crippen LogP contribution in [0.2, 0.25) is 10.0 Å². The third-order valence-electron chi connectivity index (χ3n) is 8.05. The number of nitrogens with one attached hydrogen (secondary N) is 2. The van der Waals surface area contributed by atoms with Crippen molar-refractivity contribution in [1.82, 2.24) is 20.4 Å². The lowest BCUT2D eigenvalue weighted by Crippen LogP contribution is -2.53. The number of allylic oxidation sites excluding steroid dienone is 1. The van der Waals surface area contributed by atoms with Gasteiger partial charge in [-0.2, -0.15) is 0 Å². The molecule has 1 atom stereocenters. The van der Waals surface area contributed by atoms with E-state index in [0.717, 1.165) is 24.6 Å². The molecular weight excluding hydrogens is 732 g/mol. The number of nitrogens with zero attached hydrogens (tertiary/aromatic N) is 3. The molecule has 3 heterocycles. The van der Waals surface area contributed by atoms with E-state index in [1.165, 1.54) is 14.2 Å². The summed E-state index contributed by atoms with van der Waals surface area (Å²) in [5, 5.41) is 7.10. The number of esters is 2. The second kappa shape index (κ2) is 15.8. The fourth-order valence-electron chi connectivity index (χ4n) is 5.87. The summed E-state index contributed by atoms with van der Waals surface area (Å²) in [6.07, 6.45) is 0.861. The van der Waals surface area contributed by atoms with Crippen LogP contribution in [0.4, 0.5) is 0 Å². The lowest BCUT2D eigenvalue weighted by molar-refractivity contribution is -0.137. The number of amides is 1. The number of carbonyl (C=O) groups is 3. The summed E-state index contributed by atoms with van der Waals surface area (Å²) >= 11 is 13.4. The summed E-state index contributed by atoms with van der Waals surface area (Å²) in [7, 11) is 2.54. The molecule has 240 valence electrons. The van der Waals surface area contributed by atoms with Crippen LogP contribution in [0.3, 0.4) is 0 Å². The number of rotatable bonds is 8. The third-order valence-corrected chi connectivity index (χ3v) is 8.71. The van der Waals surface area contributed by atoms with E-state index in [4.69, 9.17) is 32.7 Å². The highest BCUT2D eigenvalue weighted by Crippen LogP contribution is 2.46. The van der Waals surface area contributed by atoms with Crippen LogP contribution >= 0.6 is 47.2 Å². The molecule has 13 heteroatoms. The SMILES string of the molecule is COC(=O)C1=C(CCc2ccccc2)NC(CC(=O)N2CCN(C3=NCCN3)CC2)=C(C(=O)OC)C1c1c(Cl)cccc1Cl.I. The number of benzene rings is 2. The van der Waals surface area contributed by atoms with Crippen molar-refractivity contribution in [3.8, 4) is 0 Å². The molecule has 0 spiro atoms. The normalized spacial score (nSPS) is 18.0. The van der Waals surface area contributed by atoms with Gasteiger partial charge in [0.25, 0.3) is 0 Å². The molecule has 0 aliphatic carbocycles. The van der Waals surface area contributed by atoms with E-state index in [9.17, 15) is 14.4 Å². The van der Waals surface area contributed by atoms with Gasteiger partial charge in [-0.25, -0.2) is 9.59 Å². The first-order valence-electron chi connectivity index (χ1n) is 14.5. The lowest BCUT2D eigenvalue weighted by Gasteiger charge is -2.37. The fraction of sp³-hybridized carbons (Fsp3) is 0.375. The Morgan fingerprint density at radius 1 is 0.867 bits per heavy atom. The van der Waals surface area contributed by atoms with Crippen molar-refractivity contribution in [3.05, 3.63) is 92.2 Å². The van der Waals surface area contributed by atoms with E-state index >= 15 is 0 Å². The molecular formula is C32H36Cl2IN5O5. The average molecular weight is 768 g/mol. The molecule has 1 unspecified atom stereocenters. The predicted octanol–water partition coefficient (Wildman–Crippen LogP) is 4.28. The quantitative estimate of drug-likeness (QED) is 0.303. The predicted molar refractivity (Wildman–Crippen MR) is 184 cm³/mol. The van der Waals surface area contributed by atoms with Crippen molar-refractivity contribution in [2.75, 3.05) is 53.5 Å². The first-order valence-corrected chi connectivity index (χ1v) is 15.3. The Bertz CT molecular complexity index is 1500. The van der Waals surface area contributed by atoms with Crippen LogP contribution in [0.1, 0.15) is 29.9 Å². The topological polar surface area (TPSA) is 113 Å². The van der Waals surface area contributed by atoms with Crippen LogP contribution in [-0.4, -0.2) is 87.1 Å². The number of halogens is 3. The van der Waals surface area contributed by atoms with E-state index in [1.54, 1.807) is 23.1 Å². The van der Waals surface area contributed by atoms with Crippen molar-refractivity contribution < 1.29 is 23.9 Å². The van der Waals surface area contributed by atoms with Gasteiger partial charge in [-0.3, -0.25) is 9.79 Å². The molecule has 2 N–H and O–H groups in total. The Kier molecular flexibility index (Phi) is 12.2. The maximum Gasteiger partial charge on any atom is 0.336 e. The van der Waals surface area contributed by atoms with Gasteiger partial charge in [-0.05, 0) is 30.5 Å². The van der Waals surface area contributed by atoms with Gasteiger partial charge in [-0.1, -0.05) is 59.6 Å². The maximum absolute atomic E-state index is 13.8. The molecule has 1 saturated heterocycles. The number of aryl methyl sites for hydroxylation is 1. The summed E-state index contributed by atoms with van der Waals surface area (Å²) in [6, 6.07) is 14.8. The zero-order valence-corrected chi connectivity index (χ0v) is 28.9. The number of methoxy groups -OCH3 is 2. The number of guanidine groups is 1. The van der Waals surface area contributed by atoms with E-state index < -0.39 is 17.9 Å². The number of aliphatic imine (C=N–C) groups is 1. The Labute approximate surface area is 289 Å². The standard InChI is InChI=1S/C32H35Cl2N5O5.HI/c1-43-30(41)27-23(12-11-20-7-4-3-5-8-20)37-24(19-25(40)38-15-17-39(18-16-38)32-35-13-14-36-32)28(31(42)44-2)29(27)26-21(33)9-6-10-22(26)34;/h3-10,29,37H,11-19H2,1-2H3,(H,35,36);1H. The summed E-state index contributed by atoms with van der Waals surface area (Å²) in [5.74, 6) is -1.69. The van der Waals surface area contributed by atoms with Gasteiger partial charge >= 0.3 is 11.9 Å². The van der Waals surface area contributed by atoms with Crippen LogP contribution in [-0.2, 0) is 30.3 Å². The fourth-order valence-corrected chi connectivity index (χ4v) is 6.48. The van der Waals surface area contributed by atoms with Crippen LogP contribution < -0.4 is 10.6 Å². The van der Waals surface area contributed by atoms with Crippen LogP contribution in [0.15, 0.2) is 76.1 Å². The number of dihydropyridines is 1. The summed E-state index contributed by atoms with van der Waals surface area (Å²) < 4.78 is 10.5. The smallest absolute Gasteiger partial charge is 0.336 e. The van der Waals surface area contributed by atoms with Crippen molar-refractivity contribution in [1.29, 1.82) is 0 Å². The van der Waals surface area contributed by atoms with Gasteiger partial charge in [-0.15, -0.1) is 24.0 Å². The lowest BCUT2D eigenvalue weighted by atomic mass is 9.78. The first-order chi connectivity index (χ1) is 21.3. The summed E-state index contributed by atoms with van der Waals surface area (Å²) in [4.78, 5) is 49.2. The van der Waals surface area contributed by atoms with Gasteiger partial charge in [0.2, 0.25) is 5.91 Å². The van der Waals surface area contributed by atoms with Crippen molar-refractivity contribution in [3.63, 3.8) is 0 Å². The molecule has 5 rings (SSSR count). The number of carbonyl (C=O) groups excluding carboxylic acids is 3. The summed E-state index contributed by atoms with van der Waals surface area (Å²) in [6.45, 7) is 3.85. The van der Waals surface area contributed by atoms with E-state index in [2.05, 4.69) is 20.5 Å². The highest BCUT2D eigenvalue weighted by Gasteiger charge is 2.42. The van der Waals surface area contributed by atoms with Crippen molar-refractivity contribution in [2.45, 2.75) is 25.2 Å². The second-order valence-electron chi connectivity index (χ2n) is 10.6. The van der Waals surface area contributed by atoms with Gasteiger partial charge in [0.05, 0.1) is 44.2 Å². The largest absolute Gasteiger partial charge is 0.466 e. The minimum absolute atomic E-state index is 0. The highest BCUT2D eigenvalue weighted by molar-refractivity contribution is 14.0. The summed E-state index contributed by atoms with van der Waals surface area (Å²) in [5.41, 5.74) is 2.54. The minimum Gasteiger partial charge on any atom is -0.466 e. The van der Waals surface area contributed by atoms with Gasteiger partial charge < -0.3 is 29.9 Å². The third kappa shape index (κ3) is 7.75. The van der Waals surface area contributed by atoms with Crippen LogP contribution in [0, 0.1) is 0 Å². The molecule has 0 radical (unpaired) electrons. The van der Waals surface area contributed by atoms with E-state index in [-0.39, 0.29) is 57.5 Å². The highest BCUT2D eigenvalue weighted by atomic mass is 127. The Hall–Kier alpha value is -3.29. The molecule has 0 bridgehead atoms. The maximum atomic E-state index is 13.8. The van der Waals surface area contributed by atoms with Gasteiger partial charge in [0, 0.05) is 59.7 Å². The number of piperazine rings is 1. The molecule has 10 nitrogen and oxygen atoms in total. The number of ether oxygens (including phenoxy) is 2. The zero-order valence-electron chi connectivity index (χ0n) is 25.1. The van der Waals surface area contributed by atoms with Crippen LogP contribution in [0.25, 0.3) is 0 Å². The number of hydrogen-bond acceptors (Lipinski definition) is 9. The molecule has 0 aromatic heterocycles. The number of hydrogen-bond donors (Lipinski definition) is 2. The monoisotopic (exact) mass is 767 g/mol. The molecule has 2 aromatic rings. The average Bonchev–Trinajstić information content (AvgIpc) is 3.59. The Morgan fingerprint density at radius 2 is 1.49 bits per heavy atom. The molecule has 2 aromatic carbocycles. The molecule has 0 saturated carbocycles. The van der Waals surface area contributed by atoms with E-state index in [0.29, 0.717) is 56.0 Å². The first kappa shape index (κ1) is 34.6. The molecule has 3 aliphatic rings. The Balaban J connectivity index is 0.00000461. The molecule has 1 amide bonds. The van der Waals surface area contributed by atoms with Crippen LogP contribution in [0.5, 0.6) is 0 Å². The molecule has 45 heavy (non-hydrogen) atoms. The van der Waals surface area contributed by atoms with E-state index in [1.807, 2.05) is 30.3 Å². The zero-order chi connectivity index (χ0) is 31.2. The van der Waals surface area contributed by atoms with Gasteiger partial charge in [0.1, 0.15) is 0 Å². The minimum atomic E-state index is -1.03.